The Kier molecular flexibility index (Phi) is 5.64. The molecular weight excluding hydrogens is 429 g/mol. The topological polar surface area (TPSA) is 92.8 Å². The van der Waals surface area contributed by atoms with E-state index in [0.29, 0.717) is 35.9 Å². The number of urea groups is 1. The summed E-state index contributed by atoms with van der Waals surface area (Å²) >= 11 is 0. The van der Waals surface area contributed by atoms with Crippen LogP contribution < -0.4 is 20.3 Å². The number of aromatic nitrogens is 1. The number of amides is 3. The number of rotatable bonds is 4. The Bertz CT molecular complexity index is 1070. The van der Waals surface area contributed by atoms with Gasteiger partial charge in [-0.25, -0.2) is 9.78 Å². The summed E-state index contributed by atoms with van der Waals surface area (Å²) in [6, 6.07) is 5.47. The van der Waals surface area contributed by atoms with E-state index >= 15 is 0 Å². The summed E-state index contributed by atoms with van der Waals surface area (Å²) in [6.45, 7) is 2.00. The second kappa shape index (κ2) is 8.40. The summed E-state index contributed by atoms with van der Waals surface area (Å²) in [6.07, 6.45) is -0.799. The van der Waals surface area contributed by atoms with Crippen molar-refractivity contribution in [2.45, 2.75) is 25.7 Å². The summed E-state index contributed by atoms with van der Waals surface area (Å²) in [7, 11) is 0. The number of ether oxygens (including phenoxy) is 2. The van der Waals surface area contributed by atoms with E-state index in [0.717, 1.165) is 17.7 Å². The Balaban J connectivity index is 1.59. The maximum absolute atomic E-state index is 13.1. The van der Waals surface area contributed by atoms with Gasteiger partial charge in [0.05, 0.1) is 12.3 Å². The first kappa shape index (κ1) is 21.5. The Labute approximate surface area is 181 Å². The van der Waals surface area contributed by atoms with Gasteiger partial charge in [0, 0.05) is 12.6 Å². The molecule has 2 aliphatic rings. The number of nitrogens with one attached hydrogen (secondary N) is 2. The fourth-order valence-corrected chi connectivity index (χ4v) is 3.47. The highest BCUT2D eigenvalue weighted by Crippen LogP contribution is 2.32. The second-order valence-corrected chi connectivity index (χ2v) is 7.26. The van der Waals surface area contributed by atoms with Crippen LogP contribution in [0.25, 0.3) is 0 Å². The number of fused-ring (bicyclic) bond motifs is 1. The Morgan fingerprint density at radius 2 is 2.06 bits per heavy atom. The molecule has 1 aromatic carbocycles. The molecule has 8 nitrogen and oxygen atoms in total. The first-order chi connectivity index (χ1) is 15.2. The zero-order valence-corrected chi connectivity index (χ0v) is 16.9. The third kappa shape index (κ3) is 4.76. The maximum atomic E-state index is 13.1. The van der Waals surface area contributed by atoms with Gasteiger partial charge in [-0.05, 0) is 42.3 Å². The summed E-state index contributed by atoms with van der Waals surface area (Å²) < 4.78 is 46.8. The van der Waals surface area contributed by atoms with Gasteiger partial charge in [-0.3, -0.25) is 9.69 Å². The number of carbonyl (C=O) groups is 2. The van der Waals surface area contributed by atoms with Crippen LogP contribution in [0.15, 0.2) is 48.4 Å². The summed E-state index contributed by atoms with van der Waals surface area (Å²) in [5.74, 6) is -0.00138. The molecule has 3 amide bonds. The van der Waals surface area contributed by atoms with Crippen LogP contribution in [0.2, 0.25) is 0 Å². The van der Waals surface area contributed by atoms with Gasteiger partial charge < -0.3 is 20.1 Å². The van der Waals surface area contributed by atoms with Crippen molar-refractivity contribution >= 4 is 23.4 Å². The third-order valence-electron chi connectivity index (χ3n) is 4.81. The van der Waals surface area contributed by atoms with Crippen LogP contribution in [0.5, 0.6) is 5.75 Å². The number of hydrogen-bond donors (Lipinski definition) is 2. The van der Waals surface area contributed by atoms with Crippen molar-refractivity contribution in [3.05, 3.63) is 59.5 Å². The van der Waals surface area contributed by atoms with Crippen LogP contribution >= 0.6 is 0 Å². The normalized spacial score (nSPS) is 16.4. The fourth-order valence-electron chi connectivity index (χ4n) is 3.47. The predicted molar refractivity (Wildman–Crippen MR) is 108 cm³/mol. The lowest BCUT2D eigenvalue weighted by molar-refractivity contribution is -0.274. The first-order valence-electron chi connectivity index (χ1n) is 9.73. The molecule has 0 aliphatic carbocycles. The van der Waals surface area contributed by atoms with Crippen molar-refractivity contribution in [1.82, 2.24) is 10.3 Å². The van der Waals surface area contributed by atoms with Crippen molar-refractivity contribution in [3.8, 4) is 5.75 Å². The Hall–Kier alpha value is -3.76. The van der Waals surface area contributed by atoms with E-state index in [1.165, 1.54) is 17.0 Å². The van der Waals surface area contributed by atoms with E-state index in [1.54, 1.807) is 18.3 Å². The smallest absolute Gasteiger partial charge is 0.495 e. The maximum Gasteiger partial charge on any atom is 0.573 e. The quantitative estimate of drug-likeness (QED) is 0.742. The molecule has 11 heteroatoms. The third-order valence-corrected chi connectivity index (χ3v) is 4.81. The molecule has 32 heavy (non-hydrogen) atoms. The van der Waals surface area contributed by atoms with Crippen LogP contribution in [0.3, 0.4) is 0 Å². The highest BCUT2D eigenvalue weighted by molar-refractivity contribution is 6.08. The highest BCUT2D eigenvalue weighted by atomic mass is 19.4. The average molecular weight is 448 g/mol. The summed E-state index contributed by atoms with van der Waals surface area (Å²) in [4.78, 5) is 30.7. The highest BCUT2D eigenvalue weighted by Gasteiger charge is 2.33. The van der Waals surface area contributed by atoms with Gasteiger partial charge >= 0.3 is 12.4 Å². The molecule has 2 aliphatic heterocycles. The predicted octanol–water partition coefficient (Wildman–Crippen LogP) is 3.80. The fraction of sp³-hybridized carbons (Fsp3) is 0.286. The minimum Gasteiger partial charge on any atom is -0.495 e. The molecule has 4 rings (SSSR count). The standard InChI is InChI=1S/C21H19F3N4O4/c1-12-9-15-19(25-10-12)28(11-17(29)26-15)20(30)27-18(16-3-2-8-31-16)13-4-6-14(7-5-13)32-21(22,23)24/h3-7,9-10,18H,2,8,11H2,1H3,(H,26,29)(H,27,30). The van der Waals surface area contributed by atoms with Crippen molar-refractivity contribution in [1.29, 1.82) is 0 Å². The zero-order valence-electron chi connectivity index (χ0n) is 16.9. The molecule has 0 bridgehead atoms. The molecule has 2 aromatic rings. The molecule has 3 heterocycles. The SMILES string of the molecule is Cc1cnc2c(c1)NC(=O)CN2C(=O)NC(C1=CCCO1)c1ccc(OC(F)(F)F)cc1. The van der Waals surface area contributed by atoms with Crippen LogP contribution in [-0.4, -0.2) is 36.4 Å². The average Bonchev–Trinajstić information content (AvgIpc) is 3.25. The van der Waals surface area contributed by atoms with Gasteiger partial charge in [-0.15, -0.1) is 13.2 Å². The molecule has 2 N–H and O–H groups in total. The zero-order chi connectivity index (χ0) is 22.9. The largest absolute Gasteiger partial charge is 0.573 e. The lowest BCUT2D eigenvalue weighted by Crippen LogP contribution is -2.48. The number of alkyl halides is 3. The molecule has 168 valence electrons. The minimum atomic E-state index is -4.81. The van der Waals surface area contributed by atoms with E-state index < -0.39 is 18.4 Å². The number of anilines is 2. The van der Waals surface area contributed by atoms with Gasteiger partial charge in [0.15, 0.2) is 5.82 Å². The van der Waals surface area contributed by atoms with Crippen LogP contribution in [-0.2, 0) is 9.53 Å². The lowest BCUT2D eigenvalue weighted by Gasteiger charge is -2.30. The van der Waals surface area contributed by atoms with Crippen LogP contribution in [0.1, 0.15) is 23.6 Å². The van der Waals surface area contributed by atoms with Gasteiger partial charge in [0.25, 0.3) is 0 Å². The lowest BCUT2D eigenvalue weighted by atomic mass is 10.0. The second-order valence-electron chi connectivity index (χ2n) is 7.26. The molecule has 1 aromatic heterocycles. The van der Waals surface area contributed by atoms with Crippen molar-refractivity contribution in [2.24, 2.45) is 0 Å². The number of nitrogens with zero attached hydrogens (tertiary/aromatic N) is 2. The van der Waals surface area contributed by atoms with Crippen molar-refractivity contribution < 1.29 is 32.2 Å². The molecule has 1 atom stereocenters. The van der Waals surface area contributed by atoms with Crippen molar-refractivity contribution in [2.75, 3.05) is 23.4 Å². The van der Waals surface area contributed by atoms with Crippen LogP contribution in [0, 0.1) is 6.92 Å². The number of benzene rings is 1. The van der Waals surface area contributed by atoms with Crippen molar-refractivity contribution in [3.63, 3.8) is 0 Å². The van der Waals surface area contributed by atoms with E-state index in [9.17, 15) is 22.8 Å². The van der Waals surface area contributed by atoms with Gasteiger partial charge in [0.2, 0.25) is 5.91 Å². The molecule has 0 radical (unpaired) electrons. The molecular formula is C21H19F3N4O4. The first-order valence-corrected chi connectivity index (χ1v) is 9.73. The Morgan fingerprint density at radius 3 is 2.72 bits per heavy atom. The number of carbonyl (C=O) groups excluding carboxylic acids is 2. The molecule has 0 fully saturated rings. The van der Waals surface area contributed by atoms with Gasteiger partial charge in [0.1, 0.15) is 24.1 Å². The van der Waals surface area contributed by atoms with E-state index in [4.69, 9.17) is 4.74 Å². The number of hydrogen-bond acceptors (Lipinski definition) is 5. The molecule has 0 saturated carbocycles. The number of pyridine rings is 1. The molecule has 1 unspecified atom stereocenters. The Morgan fingerprint density at radius 1 is 1.31 bits per heavy atom. The monoisotopic (exact) mass is 448 g/mol. The number of halogens is 3. The van der Waals surface area contributed by atoms with E-state index in [1.807, 2.05) is 6.92 Å². The minimum absolute atomic E-state index is 0.236. The van der Waals surface area contributed by atoms with Gasteiger partial charge in [-0.2, -0.15) is 0 Å². The van der Waals surface area contributed by atoms with Gasteiger partial charge in [-0.1, -0.05) is 12.1 Å². The van der Waals surface area contributed by atoms with E-state index in [2.05, 4.69) is 20.4 Å². The molecule has 0 saturated heterocycles. The summed E-state index contributed by atoms with van der Waals surface area (Å²) in [5.41, 5.74) is 1.72. The van der Waals surface area contributed by atoms with E-state index in [-0.39, 0.29) is 18.2 Å². The van der Waals surface area contributed by atoms with Crippen LogP contribution in [0.4, 0.5) is 29.5 Å². The number of aryl methyl sites for hydroxylation is 1. The molecule has 0 spiro atoms. The summed E-state index contributed by atoms with van der Waals surface area (Å²) in [5, 5.41) is 5.48.